The number of nitrogens with one attached hydrogen (secondary N) is 1. The highest BCUT2D eigenvalue weighted by Gasteiger charge is 2.01. The van der Waals surface area contributed by atoms with E-state index in [4.69, 9.17) is 5.21 Å². The maximum absolute atomic E-state index is 8.46. The van der Waals surface area contributed by atoms with E-state index in [1.807, 2.05) is 24.4 Å². The van der Waals surface area contributed by atoms with Gasteiger partial charge in [0.1, 0.15) is 0 Å². The van der Waals surface area contributed by atoms with Gasteiger partial charge in [0.25, 0.3) is 0 Å². The van der Waals surface area contributed by atoms with Gasteiger partial charge in [0, 0.05) is 4.88 Å². The van der Waals surface area contributed by atoms with Crippen LogP contribution < -0.4 is 5.48 Å². The zero-order chi connectivity index (χ0) is 6.69. The normalized spacial score (nSPS) is 13.6. The second-order valence-corrected chi connectivity index (χ2v) is 2.85. The van der Waals surface area contributed by atoms with Crippen LogP contribution in [0.3, 0.4) is 0 Å². The zero-order valence-corrected chi connectivity index (χ0v) is 5.98. The molecule has 1 heterocycles. The van der Waals surface area contributed by atoms with E-state index in [1.165, 1.54) is 0 Å². The molecular weight excluding hydrogens is 134 g/mol. The molecule has 0 aromatic carbocycles. The van der Waals surface area contributed by atoms with Gasteiger partial charge in [-0.1, -0.05) is 6.07 Å². The third-order valence-corrected chi connectivity index (χ3v) is 2.22. The lowest BCUT2D eigenvalue weighted by Crippen LogP contribution is -2.11. The molecule has 1 aromatic rings. The fourth-order valence-electron chi connectivity index (χ4n) is 0.601. The minimum absolute atomic E-state index is 0.0602. The first-order valence-corrected chi connectivity index (χ1v) is 3.65. The Hall–Kier alpha value is -0.380. The molecule has 2 nitrogen and oxygen atoms in total. The van der Waals surface area contributed by atoms with Crippen molar-refractivity contribution in [1.82, 2.24) is 5.48 Å². The van der Waals surface area contributed by atoms with Gasteiger partial charge in [0.15, 0.2) is 0 Å². The highest BCUT2D eigenvalue weighted by atomic mass is 32.1. The maximum Gasteiger partial charge on any atom is 0.0633 e. The van der Waals surface area contributed by atoms with Crippen LogP contribution in [0.5, 0.6) is 0 Å². The Balaban J connectivity index is 2.65. The van der Waals surface area contributed by atoms with Gasteiger partial charge < -0.3 is 5.21 Å². The van der Waals surface area contributed by atoms with Gasteiger partial charge in [-0.3, -0.25) is 0 Å². The summed E-state index contributed by atoms with van der Waals surface area (Å²) in [6.45, 7) is 1.91. The summed E-state index contributed by atoms with van der Waals surface area (Å²) in [5.74, 6) is 0. The molecular formula is C6H9NOS. The van der Waals surface area contributed by atoms with Crippen LogP contribution in [0.15, 0.2) is 17.5 Å². The van der Waals surface area contributed by atoms with Crippen molar-refractivity contribution < 1.29 is 5.21 Å². The van der Waals surface area contributed by atoms with E-state index in [2.05, 4.69) is 5.48 Å². The average Bonchev–Trinajstić information content (AvgIpc) is 2.37. The molecule has 1 atom stereocenters. The first kappa shape index (κ1) is 6.74. The van der Waals surface area contributed by atoms with E-state index in [9.17, 15) is 0 Å². The molecule has 0 saturated heterocycles. The maximum atomic E-state index is 8.46. The van der Waals surface area contributed by atoms with Crippen molar-refractivity contribution in [2.75, 3.05) is 0 Å². The molecule has 2 N–H and O–H groups in total. The lowest BCUT2D eigenvalue weighted by Gasteiger charge is -2.03. The third-order valence-electron chi connectivity index (χ3n) is 1.16. The fraction of sp³-hybridized carbons (Fsp3) is 0.333. The molecule has 0 fully saturated rings. The van der Waals surface area contributed by atoms with Crippen LogP contribution in [0, 0.1) is 0 Å². The van der Waals surface area contributed by atoms with E-state index in [-0.39, 0.29) is 6.04 Å². The highest BCUT2D eigenvalue weighted by Crippen LogP contribution is 2.16. The Morgan fingerprint density at radius 3 is 3.00 bits per heavy atom. The lowest BCUT2D eigenvalue weighted by molar-refractivity contribution is 0.135. The molecule has 1 rings (SSSR count). The second-order valence-electron chi connectivity index (χ2n) is 1.87. The van der Waals surface area contributed by atoms with Crippen LogP contribution >= 0.6 is 11.3 Å². The lowest BCUT2D eigenvalue weighted by atomic mass is 10.3. The minimum Gasteiger partial charge on any atom is -0.316 e. The Bertz CT molecular complexity index is 162. The van der Waals surface area contributed by atoms with Crippen molar-refractivity contribution in [3.8, 4) is 0 Å². The van der Waals surface area contributed by atoms with Gasteiger partial charge in [-0.15, -0.1) is 11.3 Å². The SMILES string of the molecule is CC(NO)c1cccs1. The molecule has 0 spiro atoms. The van der Waals surface area contributed by atoms with Crippen molar-refractivity contribution >= 4 is 11.3 Å². The quantitative estimate of drug-likeness (QED) is 0.618. The Morgan fingerprint density at radius 2 is 2.56 bits per heavy atom. The summed E-state index contributed by atoms with van der Waals surface area (Å²) < 4.78 is 0. The third kappa shape index (κ3) is 1.51. The van der Waals surface area contributed by atoms with E-state index in [0.29, 0.717) is 0 Å². The van der Waals surface area contributed by atoms with Crippen molar-refractivity contribution in [3.63, 3.8) is 0 Å². The van der Waals surface area contributed by atoms with Gasteiger partial charge in [-0.05, 0) is 18.4 Å². The highest BCUT2D eigenvalue weighted by molar-refractivity contribution is 7.10. The first-order valence-electron chi connectivity index (χ1n) is 2.77. The van der Waals surface area contributed by atoms with Crippen LogP contribution in [0.25, 0.3) is 0 Å². The molecule has 3 heteroatoms. The molecule has 50 valence electrons. The Morgan fingerprint density at radius 1 is 1.78 bits per heavy atom. The summed E-state index contributed by atoms with van der Waals surface area (Å²) in [6, 6.07) is 4.01. The molecule has 0 radical (unpaired) electrons. The summed E-state index contributed by atoms with van der Waals surface area (Å²) in [5, 5.41) is 10.5. The first-order chi connectivity index (χ1) is 4.34. The van der Waals surface area contributed by atoms with Crippen molar-refractivity contribution in [2.24, 2.45) is 0 Å². The van der Waals surface area contributed by atoms with E-state index < -0.39 is 0 Å². The molecule has 1 aromatic heterocycles. The van der Waals surface area contributed by atoms with Gasteiger partial charge in [-0.2, -0.15) is 5.48 Å². The number of hydroxylamine groups is 1. The number of hydrogen-bond donors (Lipinski definition) is 2. The largest absolute Gasteiger partial charge is 0.316 e. The smallest absolute Gasteiger partial charge is 0.0633 e. The fourth-order valence-corrected chi connectivity index (χ4v) is 1.33. The van der Waals surface area contributed by atoms with Crippen LogP contribution in [0.1, 0.15) is 17.8 Å². The monoisotopic (exact) mass is 143 g/mol. The van der Waals surface area contributed by atoms with Gasteiger partial charge in [0.05, 0.1) is 6.04 Å². The van der Waals surface area contributed by atoms with E-state index in [1.54, 1.807) is 11.3 Å². The molecule has 9 heavy (non-hydrogen) atoms. The molecule has 0 aliphatic rings. The Labute approximate surface area is 58.1 Å². The predicted octanol–water partition coefficient (Wildman–Crippen LogP) is 1.79. The predicted molar refractivity (Wildman–Crippen MR) is 37.7 cm³/mol. The van der Waals surface area contributed by atoms with Crippen LogP contribution in [0.4, 0.5) is 0 Å². The standard InChI is InChI=1S/C6H9NOS/c1-5(7-8)6-3-2-4-9-6/h2-5,7-8H,1H3. The van der Waals surface area contributed by atoms with Crippen LogP contribution in [0.2, 0.25) is 0 Å². The van der Waals surface area contributed by atoms with Gasteiger partial charge in [0.2, 0.25) is 0 Å². The average molecular weight is 143 g/mol. The van der Waals surface area contributed by atoms with E-state index in [0.717, 1.165) is 4.88 Å². The second kappa shape index (κ2) is 2.96. The van der Waals surface area contributed by atoms with Crippen molar-refractivity contribution in [1.29, 1.82) is 0 Å². The van der Waals surface area contributed by atoms with Crippen molar-refractivity contribution in [3.05, 3.63) is 22.4 Å². The van der Waals surface area contributed by atoms with E-state index >= 15 is 0 Å². The zero-order valence-electron chi connectivity index (χ0n) is 5.16. The summed E-state index contributed by atoms with van der Waals surface area (Å²) in [4.78, 5) is 1.15. The Kier molecular flexibility index (Phi) is 2.22. The number of hydrogen-bond acceptors (Lipinski definition) is 3. The minimum atomic E-state index is 0.0602. The molecule has 1 unspecified atom stereocenters. The van der Waals surface area contributed by atoms with Gasteiger partial charge >= 0.3 is 0 Å². The summed E-state index contributed by atoms with van der Waals surface area (Å²) in [7, 11) is 0. The summed E-state index contributed by atoms with van der Waals surface area (Å²) >= 11 is 1.63. The van der Waals surface area contributed by atoms with Crippen LogP contribution in [-0.4, -0.2) is 5.21 Å². The summed E-state index contributed by atoms with van der Waals surface area (Å²) in [6.07, 6.45) is 0. The molecule has 0 aliphatic carbocycles. The van der Waals surface area contributed by atoms with Crippen LogP contribution in [-0.2, 0) is 0 Å². The molecule has 0 amide bonds. The number of rotatable bonds is 2. The van der Waals surface area contributed by atoms with Gasteiger partial charge in [-0.25, -0.2) is 0 Å². The molecule has 0 aliphatic heterocycles. The summed E-state index contributed by atoms with van der Waals surface area (Å²) in [5.41, 5.74) is 2.18. The number of thiophene rings is 1. The van der Waals surface area contributed by atoms with Crippen molar-refractivity contribution in [2.45, 2.75) is 13.0 Å². The molecule has 0 saturated carbocycles. The topological polar surface area (TPSA) is 32.3 Å². The molecule has 0 bridgehead atoms.